The molecule has 7 heteroatoms. The molecule has 0 aliphatic heterocycles. The van der Waals surface area contributed by atoms with Crippen molar-refractivity contribution in [2.45, 2.75) is 6.92 Å². The zero-order chi connectivity index (χ0) is 15.4. The molecule has 0 radical (unpaired) electrons. The highest BCUT2D eigenvalue weighted by molar-refractivity contribution is 5.96. The van der Waals surface area contributed by atoms with E-state index < -0.39 is 23.3 Å². The molecule has 0 unspecified atom stereocenters. The van der Waals surface area contributed by atoms with Crippen LogP contribution < -0.4 is 0 Å². The maximum Gasteiger partial charge on any atom is 0.303 e. The lowest BCUT2D eigenvalue weighted by Crippen LogP contribution is -2.10. The van der Waals surface area contributed by atoms with Gasteiger partial charge in [0.05, 0.1) is 10.5 Å². The molecular weight excluding hydrogens is 278 g/mol. The number of para-hydroxylation sites is 1. The number of rotatable bonds is 5. The third kappa shape index (κ3) is 3.33. The normalized spacial score (nSPS) is 10.1. The van der Waals surface area contributed by atoms with E-state index in [1.165, 1.54) is 37.3 Å². The minimum Gasteiger partial charge on any atom is -0.457 e. The number of hydrogen-bond acceptors (Lipinski definition) is 6. The highest BCUT2D eigenvalue weighted by atomic mass is 16.6. The van der Waals surface area contributed by atoms with Gasteiger partial charge in [-0.3, -0.25) is 19.7 Å². The van der Waals surface area contributed by atoms with Gasteiger partial charge in [0.2, 0.25) is 5.78 Å². The van der Waals surface area contributed by atoms with E-state index >= 15 is 0 Å². The summed E-state index contributed by atoms with van der Waals surface area (Å²) < 4.78 is 9.89. The number of benzene rings is 1. The van der Waals surface area contributed by atoms with Crippen molar-refractivity contribution in [3.63, 3.8) is 0 Å². The summed E-state index contributed by atoms with van der Waals surface area (Å²) in [5.41, 5.74) is 0.153. The number of nitro groups is 1. The number of carbonyl (C=O) groups excluding carboxylic acids is 2. The molecule has 0 aliphatic rings. The topological polar surface area (TPSA) is 99.7 Å². The molecule has 2 aromatic rings. The molecule has 0 saturated heterocycles. The lowest BCUT2D eigenvalue weighted by Gasteiger charge is -2.00. The molecule has 0 amide bonds. The highest BCUT2D eigenvalue weighted by Crippen LogP contribution is 2.30. The quantitative estimate of drug-likeness (QED) is 0.363. The van der Waals surface area contributed by atoms with Gasteiger partial charge in [0.15, 0.2) is 12.4 Å². The number of carbonyl (C=O) groups is 2. The van der Waals surface area contributed by atoms with E-state index in [4.69, 9.17) is 4.42 Å². The Bertz CT molecular complexity index is 703. The predicted octanol–water partition coefficient (Wildman–Crippen LogP) is 2.60. The van der Waals surface area contributed by atoms with Crippen molar-refractivity contribution in [3.8, 4) is 11.3 Å². The number of ketones is 1. The minimum atomic E-state index is -0.575. The van der Waals surface area contributed by atoms with E-state index in [-0.39, 0.29) is 22.8 Å². The second-order valence-electron chi connectivity index (χ2n) is 4.14. The molecule has 1 heterocycles. The van der Waals surface area contributed by atoms with Crippen LogP contribution in [0, 0.1) is 10.1 Å². The summed E-state index contributed by atoms with van der Waals surface area (Å²) in [4.78, 5) is 32.8. The minimum absolute atomic E-state index is 0.0237. The fourth-order valence-electron chi connectivity index (χ4n) is 1.71. The van der Waals surface area contributed by atoms with Crippen molar-refractivity contribution in [2.24, 2.45) is 0 Å². The first-order valence-corrected chi connectivity index (χ1v) is 5.99. The molecule has 0 aliphatic carbocycles. The average Bonchev–Trinajstić information content (AvgIpc) is 2.94. The number of furan rings is 1. The van der Waals surface area contributed by atoms with Gasteiger partial charge in [-0.1, -0.05) is 12.1 Å². The second kappa shape index (κ2) is 6.00. The van der Waals surface area contributed by atoms with Gasteiger partial charge in [-0.2, -0.15) is 0 Å². The Hall–Kier alpha value is -2.96. The van der Waals surface area contributed by atoms with E-state index in [9.17, 15) is 19.7 Å². The third-order valence-electron chi connectivity index (χ3n) is 2.65. The molecule has 7 nitrogen and oxygen atoms in total. The number of hydrogen-bond donors (Lipinski definition) is 0. The van der Waals surface area contributed by atoms with Gasteiger partial charge in [-0.15, -0.1) is 0 Å². The summed E-state index contributed by atoms with van der Waals surface area (Å²) in [7, 11) is 0. The molecule has 0 spiro atoms. The van der Waals surface area contributed by atoms with Crippen LogP contribution in [-0.2, 0) is 9.53 Å². The predicted molar refractivity (Wildman–Crippen MR) is 71.8 cm³/mol. The molecule has 1 aromatic heterocycles. The Balaban J connectivity index is 2.26. The Morgan fingerprint density at radius 2 is 1.95 bits per heavy atom. The summed E-state index contributed by atoms with van der Waals surface area (Å²) >= 11 is 0. The van der Waals surface area contributed by atoms with Crippen molar-refractivity contribution in [3.05, 3.63) is 52.3 Å². The van der Waals surface area contributed by atoms with Crippen LogP contribution in [0.1, 0.15) is 17.5 Å². The largest absolute Gasteiger partial charge is 0.457 e. The summed E-state index contributed by atoms with van der Waals surface area (Å²) in [6.07, 6.45) is 0. The van der Waals surface area contributed by atoms with Gasteiger partial charge in [0.1, 0.15) is 5.76 Å². The molecule has 0 saturated carbocycles. The van der Waals surface area contributed by atoms with E-state index in [1.807, 2.05) is 0 Å². The van der Waals surface area contributed by atoms with Crippen LogP contribution in [-0.4, -0.2) is 23.3 Å². The Morgan fingerprint density at radius 1 is 1.24 bits per heavy atom. The number of Topliss-reactive ketones (excluding diaryl/α,β-unsaturated/α-hetero) is 1. The number of esters is 1. The number of ether oxygens (including phenoxy) is 1. The smallest absolute Gasteiger partial charge is 0.303 e. The van der Waals surface area contributed by atoms with Gasteiger partial charge >= 0.3 is 5.97 Å². The molecule has 0 fully saturated rings. The molecule has 1 aromatic carbocycles. The molecule has 108 valence electrons. The highest BCUT2D eigenvalue weighted by Gasteiger charge is 2.19. The lowest BCUT2D eigenvalue weighted by molar-refractivity contribution is -0.384. The van der Waals surface area contributed by atoms with Gasteiger partial charge in [0.25, 0.3) is 5.69 Å². The maximum atomic E-state index is 11.7. The molecule has 0 bridgehead atoms. The first-order valence-electron chi connectivity index (χ1n) is 5.99. The molecule has 0 N–H and O–H groups in total. The molecule has 2 rings (SSSR count). The first-order chi connectivity index (χ1) is 9.99. The van der Waals surface area contributed by atoms with Gasteiger partial charge in [-0.05, 0) is 18.2 Å². The van der Waals surface area contributed by atoms with Crippen molar-refractivity contribution >= 4 is 17.4 Å². The van der Waals surface area contributed by atoms with Crippen molar-refractivity contribution in [1.29, 1.82) is 0 Å². The van der Waals surface area contributed by atoms with Crippen molar-refractivity contribution < 1.29 is 23.7 Å². The van der Waals surface area contributed by atoms with Crippen LogP contribution in [0.25, 0.3) is 11.3 Å². The Morgan fingerprint density at radius 3 is 2.62 bits per heavy atom. The van der Waals surface area contributed by atoms with Crippen molar-refractivity contribution in [2.75, 3.05) is 6.61 Å². The molecule has 0 atom stereocenters. The fourth-order valence-corrected chi connectivity index (χ4v) is 1.71. The van der Waals surface area contributed by atoms with Crippen molar-refractivity contribution in [1.82, 2.24) is 0 Å². The Labute approximate surface area is 119 Å². The summed E-state index contributed by atoms with van der Waals surface area (Å²) in [6.45, 7) is 0.757. The van der Waals surface area contributed by atoms with E-state index in [0.29, 0.717) is 0 Å². The SMILES string of the molecule is CC(=O)OCC(=O)c1ccc(-c2ccccc2[N+](=O)[O-])o1. The van der Waals surface area contributed by atoms with E-state index in [2.05, 4.69) is 4.74 Å². The average molecular weight is 289 g/mol. The van der Waals surface area contributed by atoms with E-state index in [0.717, 1.165) is 0 Å². The van der Waals surface area contributed by atoms with Gasteiger partial charge in [0, 0.05) is 13.0 Å². The number of nitrogens with zero attached hydrogens (tertiary/aromatic N) is 1. The van der Waals surface area contributed by atoms with Crippen LogP contribution in [0.2, 0.25) is 0 Å². The van der Waals surface area contributed by atoms with E-state index in [1.54, 1.807) is 6.07 Å². The number of nitro benzene ring substituents is 1. The summed E-state index contributed by atoms with van der Waals surface area (Å²) in [5.74, 6) is -0.915. The standard InChI is InChI=1S/C14H11NO6/c1-9(16)20-8-12(17)14-7-6-13(21-14)10-4-2-3-5-11(10)15(18)19/h2-7H,8H2,1H3. The van der Waals surface area contributed by atoms with Crippen LogP contribution in [0.3, 0.4) is 0 Å². The van der Waals surface area contributed by atoms with Crippen LogP contribution in [0.5, 0.6) is 0 Å². The molecule has 21 heavy (non-hydrogen) atoms. The second-order valence-corrected chi connectivity index (χ2v) is 4.14. The monoisotopic (exact) mass is 289 g/mol. The summed E-state index contributed by atoms with van der Waals surface area (Å²) in [5, 5.41) is 11.0. The van der Waals surface area contributed by atoms with Gasteiger partial charge < -0.3 is 9.15 Å². The zero-order valence-electron chi connectivity index (χ0n) is 11.1. The first kappa shape index (κ1) is 14.4. The van der Waals surface area contributed by atoms with Crippen LogP contribution in [0.4, 0.5) is 5.69 Å². The Kier molecular flexibility index (Phi) is 4.13. The maximum absolute atomic E-state index is 11.7. The third-order valence-corrected chi connectivity index (χ3v) is 2.65. The summed E-state index contributed by atoms with van der Waals surface area (Å²) in [6, 6.07) is 8.89. The lowest BCUT2D eigenvalue weighted by atomic mass is 10.1. The molecular formula is C14H11NO6. The zero-order valence-corrected chi connectivity index (χ0v) is 11.1. The van der Waals surface area contributed by atoms with Crippen LogP contribution >= 0.6 is 0 Å². The van der Waals surface area contributed by atoms with Crippen LogP contribution in [0.15, 0.2) is 40.8 Å². The van der Waals surface area contributed by atoms with Gasteiger partial charge in [-0.25, -0.2) is 0 Å². The fraction of sp³-hybridized carbons (Fsp3) is 0.143.